The molecule has 1 heterocycles. The van der Waals surface area contributed by atoms with Crippen LogP contribution >= 0.6 is 0 Å². The Balaban J connectivity index is 1.40. The van der Waals surface area contributed by atoms with Crippen molar-refractivity contribution in [2.45, 2.75) is 63.6 Å². The molecule has 0 radical (unpaired) electrons. The second kappa shape index (κ2) is 4.00. The van der Waals surface area contributed by atoms with E-state index in [2.05, 4.69) is 25.2 Å². The summed E-state index contributed by atoms with van der Waals surface area (Å²) in [7, 11) is 0. The second-order valence-electron chi connectivity index (χ2n) is 9.53. The summed E-state index contributed by atoms with van der Waals surface area (Å²) in [5, 5.41) is 10.0. The molecule has 1 N–H and O–H groups in total. The Morgan fingerprint density at radius 2 is 2.00 bits per heavy atom. The van der Waals surface area contributed by atoms with Gasteiger partial charge in [0.2, 0.25) is 0 Å². The highest BCUT2D eigenvalue weighted by molar-refractivity contribution is 5.76. The lowest BCUT2D eigenvalue weighted by molar-refractivity contribution is -0.149. The van der Waals surface area contributed by atoms with Crippen molar-refractivity contribution < 1.29 is 14.6 Å². The third kappa shape index (κ3) is 1.30. The minimum atomic E-state index is -0.263. The molecule has 0 bridgehead atoms. The molecule has 6 aliphatic rings. The molecule has 6 rings (SSSR count). The number of aliphatic hydroxyl groups is 1. The number of hydrogen-bond acceptors (Lipinski definition) is 3. The van der Waals surface area contributed by atoms with E-state index in [9.17, 15) is 9.90 Å². The van der Waals surface area contributed by atoms with Gasteiger partial charge in [0, 0.05) is 11.3 Å². The molecular formula is C21H26O3. The molecule has 7 unspecified atom stereocenters. The quantitative estimate of drug-likeness (QED) is 0.694. The first-order chi connectivity index (χ1) is 11.5. The lowest BCUT2D eigenvalue weighted by atomic mass is 9.50. The molecule has 0 aromatic heterocycles. The molecular weight excluding hydrogens is 300 g/mol. The summed E-state index contributed by atoms with van der Waals surface area (Å²) in [5.74, 6) is 2.61. The monoisotopic (exact) mass is 326 g/mol. The Hall–Kier alpha value is -1.09. The van der Waals surface area contributed by atoms with Gasteiger partial charge in [-0.2, -0.15) is 0 Å². The fourth-order valence-electron chi connectivity index (χ4n) is 8.19. The molecule has 1 aliphatic heterocycles. The normalized spacial score (nSPS) is 59.5. The molecule has 1 saturated heterocycles. The zero-order valence-electron chi connectivity index (χ0n) is 14.3. The fraction of sp³-hybridized carbons (Fsp3) is 0.762. The van der Waals surface area contributed by atoms with Gasteiger partial charge in [0.05, 0.1) is 12.5 Å². The van der Waals surface area contributed by atoms with Crippen LogP contribution in [-0.4, -0.2) is 22.8 Å². The van der Waals surface area contributed by atoms with Crippen molar-refractivity contribution in [3.63, 3.8) is 0 Å². The topological polar surface area (TPSA) is 46.5 Å². The Labute approximate surface area is 143 Å². The van der Waals surface area contributed by atoms with Gasteiger partial charge in [0.25, 0.3) is 0 Å². The van der Waals surface area contributed by atoms with Crippen LogP contribution < -0.4 is 0 Å². The van der Waals surface area contributed by atoms with E-state index in [4.69, 9.17) is 4.74 Å². The van der Waals surface area contributed by atoms with Gasteiger partial charge in [0.1, 0.15) is 5.60 Å². The smallest absolute Gasteiger partial charge is 0.306 e. The molecule has 3 heteroatoms. The van der Waals surface area contributed by atoms with Gasteiger partial charge >= 0.3 is 5.97 Å². The summed E-state index contributed by atoms with van der Waals surface area (Å²) < 4.78 is 5.93. The lowest BCUT2D eigenvalue weighted by Gasteiger charge is -2.54. The molecule has 0 aromatic rings. The largest absolute Gasteiger partial charge is 0.458 e. The highest BCUT2D eigenvalue weighted by atomic mass is 16.6. The number of rotatable bonds is 0. The van der Waals surface area contributed by atoms with Gasteiger partial charge in [-0.25, -0.2) is 0 Å². The summed E-state index contributed by atoms with van der Waals surface area (Å²) in [6.45, 7) is 2.43. The average molecular weight is 326 g/mol. The Kier molecular flexibility index (Phi) is 2.36. The van der Waals surface area contributed by atoms with Gasteiger partial charge in [-0.1, -0.05) is 25.2 Å². The summed E-state index contributed by atoms with van der Waals surface area (Å²) in [5.41, 5.74) is 1.86. The minimum Gasteiger partial charge on any atom is -0.458 e. The van der Waals surface area contributed by atoms with Crippen molar-refractivity contribution in [1.82, 2.24) is 0 Å². The number of aliphatic hydroxyl groups excluding tert-OH is 1. The van der Waals surface area contributed by atoms with Crippen LogP contribution in [0, 0.1) is 34.5 Å². The summed E-state index contributed by atoms with van der Waals surface area (Å²) in [4.78, 5) is 11.8. The van der Waals surface area contributed by atoms with Crippen molar-refractivity contribution >= 4 is 5.97 Å². The number of esters is 1. The third-order valence-electron chi connectivity index (χ3n) is 9.15. The minimum absolute atomic E-state index is 0.0473. The second-order valence-corrected chi connectivity index (χ2v) is 9.53. The van der Waals surface area contributed by atoms with Crippen molar-refractivity contribution in [3.8, 4) is 0 Å². The van der Waals surface area contributed by atoms with Crippen LogP contribution in [0.4, 0.5) is 0 Å². The van der Waals surface area contributed by atoms with E-state index in [0.29, 0.717) is 35.5 Å². The van der Waals surface area contributed by atoms with Crippen LogP contribution in [0.1, 0.15) is 51.9 Å². The number of ether oxygens (including phenoxy) is 1. The molecule has 128 valence electrons. The molecule has 2 spiro atoms. The van der Waals surface area contributed by atoms with Crippen LogP contribution in [0.3, 0.4) is 0 Å². The summed E-state index contributed by atoms with van der Waals surface area (Å²) >= 11 is 0. The van der Waals surface area contributed by atoms with Crippen LogP contribution in [0.15, 0.2) is 23.8 Å². The first-order valence-electron chi connectivity index (χ1n) is 9.82. The van der Waals surface area contributed by atoms with Crippen LogP contribution in [0.25, 0.3) is 0 Å². The first kappa shape index (κ1) is 14.1. The maximum atomic E-state index is 11.8. The fourth-order valence-corrected chi connectivity index (χ4v) is 8.19. The van der Waals surface area contributed by atoms with Crippen LogP contribution in [0.5, 0.6) is 0 Å². The SMILES string of the molecule is CC12CCC(O)C=C1C=CC1C2CCC23C1CC[C@]21OC(=O)CC31. The molecule has 0 amide bonds. The van der Waals surface area contributed by atoms with Crippen molar-refractivity contribution in [2.24, 2.45) is 34.5 Å². The van der Waals surface area contributed by atoms with E-state index in [1.54, 1.807) is 0 Å². The van der Waals surface area contributed by atoms with Gasteiger partial charge in [-0.05, 0) is 67.3 Å². The highest BCUT2D eigenvalue weighted by Crippen LogP contribution is 2.84. The van der Waals surface area contributed by atoms with Crippen LogP contribution in [-0.2, 0) is 9.53 Å². The predicted molar refractivity (Wildman–Crippen MR) is 88.9 cm³/mol. The van der Waals surface area contributed by atoms with E-state index in [0.717, 1.165) is 19.3 Å². The van der Waals surface area contributed by atoms with Gasteiger partial charge in [0.15, 0.2) is 0 Å². The van der Waals surface area contributed by atoms with E-state index in [-0.39, 0.29) is 23.1 Å². The average Bonchev–Trinajstić information content (AvgIpc) is 2.88. The number of carbonyl (C=O) groups excluding carboxylic acids is 1. The van der Waals surface area contributed by atoms with E-state index in [1.807, 2.05) is 0 Å². The van der Waals surface area contributed by atoms with E-state index >= 15 is 0 Å². The van der Waals surface area contributed by atoms with Gasteiger partial charge < -0.3 is 9.84 Å². The van der Waals surface area contributed by atoms with E-state index < -0.39 is 0 Å². The Bertz CT molecular complexity index is 708. The van der Waals surface area contributed by atoms with Crippen molar-refractivity contribution in [3.05, 3.63) is 23.8 Å². The predicted octanol–water partition coefficient (Wildman–Crippen LogP) is 3.38. The summed E-state index contributed by atoms with van der Waals surface area (Å²) in [6.07, 6.45) is 14.1. The number of carbonyl (C=O) groups is 1. The van der Waals surface area contributed by atoms with Crippen LogP contribution in [0.2, 0.25) is 0 Å². The lowest BCUT2D eigenvalue weighted by Crippen LogP contribution is -2.47. The zero-order valence-corrected chi connectivity index (χ0v) is 14.3. The highest BCUT2D eigenvalue weighted by Gasteiger charge is 2.88. The first-order valence-corrected chi connectivity index (χ1v) is 9.82. The third-order valence-corrected chi connectivity index (χ3v) is 9.15. The molecule has 3 nitrogen and oxygen atoms in total. The van der Waals surface area contributed by atoms with Crippen molar-refractivity contribution in [1.29, 1.82) is 0 Å². The summed E-state index contributed by atoms with van der Waals surface area (Å²) in [6, 6.07) is 0. The number of allylic oxidation sites excluding steroid dienone is 3. The number of fused-ring (bicyclic) bond motifs is 4. The van der Waals surface area contributed by atoms with Gasteiger partial charge in [-0.3, -0.25) is 4.79 Å². The molecule has 0 aromatic carbocycles. The molecule has 8 atom stereocenters. The van der Waals surface area contributed by atoms with Gasteiger partial charge in [-0.15, -0.1) is 0 Å². The van der Waals surface area contributed by atoms with E-state index in [1.165, 1.54) is 24.8 Å². The zero-order chi connectivity index (χ0) is 16.3. The molecule has 4 fully saturated rings. The Morgan fingerprint density at radius 1 is 1.17 bits per heavy atom. The number of hydrogen-bond donors (Lipinski definition) is 1. The molecule has 3 saturated carbocycles. The standard InChI is InChI=1S/C21H26O3/c1-19-7-4-13(22)10-12(19)2-3-14-15(19)5-8-20-16(14)6-9-21(20)17(20)11-18(23)24-21/h2-3,10,13-17,22H,4-9,11H2,1H3/t13?,14?,15?,16?,17?,19?,20?,21-/m1/s1. The maximum absolute atomic E-state index is 11.8. The van der Waals surface area contributed by atoms with Crippen molar-refractivity contribution in [2.75, 3.05) is 0 Å². The Morgan fingerprint density at radius 3 is 2.83 bits per heavy atom. The molecule has 5 aliphatic carbocycles. The molecule has 24 heavy (non-hydrogen) atoms. The maximum Gasteiger partial charge on any atom is 0.306 e.